The zero-order valence-electron chi connectivity index (χ0n) is 13.6. The van der Waals surface area contributed by atoms with Gasteiger partial charge in [0.25, 0.3) is 0 Å². The topological polar surface area (TPSA) is 59.8 Å². The van der Waals surface area contributed by atoms with Crippen molar-refractivity contribution in [2.24, 2.45) is 0 Å². The third kappa shape index (κ3) is 3.68. The number of carbonyl (C=O) groups is 1. The van der Waals surface area contributed by atoms with Crippen LogP contribution in [-0.4, -0.2) is 32.0 Å². The van der Waals surface area contributed by atoms with E-state index in [0.29, 0.717) is 0 Å². The number of para-hydroxylation sites is 1. The zero-order chi connectivity index (χ0) is 16.3. The van der Waals surface area contributed by atoms with E-state index in [1.807, 2.05) is 50.5 Å². The fourth-order valence-electron chi connectivity index (χ4n) is 2.12. The van der Waals surface area contributed by atoms with Gasteiger partial charge in [0, 0.05) is 6.04 Å². The van der Waals surface area contributed by atoms with E-state index in [-0.39, 0.29) is 17.2 Å². The van der Waals surface area contributed by atoms with Crippen LogP contribution in [0.25, 0.3) is 5.69 Å². The lowest BCUT2D eigenvalue weighted by Gasteiger charge is -2.15. The molecule has 118 valence electrons. The number of benzene rings is 1. The summed E-state index contributed by atoms with van der Waals surface area (Å²) in [5.41, 5.74) is 2.19. The smallest absolute Gasteiger partial charge is 0.233 e. The van der Waals surface area contributed by atoms with Crippen molar-refractivity contribution in [3.8, 4) is 5.69 Å². The van der Waals surface area contributed by atoms with Gasteiger partial charge in [0.05, 0.1) is 10.9 Å². The molecule has 0 spiro atoms. The average Bonchev–Trinajstić information content (AvgIpc) is 2.79. The average molecular weight is 318 g/mol. The number of aromatic nitrogens is 3. The van der Waals surface area contributed by atoms with E-state index in [4.69, 9.17) is 0 Å². The van der Waals surface area contributed by atoms with Crippen LogP contribution in [0.15, 0.2) is 29.4 Å². The van der Waals surface area contributed by atoms with Crippen LogP contribution in [0, 0.1) is 13.8 Å². The Kier molecular flexibility index (Phi) is 5.24. The molecule has 22 heavy (non-hydrogen) atoms. The number of hydrogen-bond acceptors (Lipinski definition) is 4. The Hall–Kier alpha value is -1.82. The normalized spacial score (nSPS) is 12.5. The first-order valence-electron chi connectivity index (χ1n) is 7.35. The number of nitrogens with zero attached hydrogens (tertiary/aromatic N) is 3. The van der Waals surface area contributed by atoms with Gasteiger partial charge in [-0.05, 0) is 46.2 Å². The van der Waals surface area contributed by atoms with E-state index in [2.05, 4.69) is 28.5 Å². The second-order valence-electron chi connectivity index (χ2n) is 5.58. The summed E-state index contributed by atoms with van der Waals surface area (Å²) in [6.07, 6.45) is 0. The van der Waals surface area contributed by atoms with Gasteiger partial charge in [-0.25, -0.2) is 0 Å². The molecule has 2 aromatic rings. The molecule has 1 aromatic carbocycles. The standard InChI is InChI=1S/C16H22N4OS/c1-10(2)17-15(21)12(4)22-16-19-18-13(5)20(16)14-9-7-6-8-11(14)3/h6-10,12H,1-5H3,(H,17,21)/t12-/m1/s1. The van der Waals surface area contributed by atoms with Crippen LogP contribution in [0.2, 0.25) is 0 Å². The van der Waals surface area contributed by atoms with Crippen molar-refractivity contribution in [3.05, 3.63) is 35.7 Å². The van der Waals surface area contributed by atoms with Crippen LogP contribution in [0.3, 0.4) is 0 Å². The summed E-state index contributed by atoms with van der Waals surface area (Å²) < 4.78 is 2.00. The summed E-state index contributed by atoms with van der Waals surface area (Å²) in [5, 5.41) is 11.8. The Morgan fingerprint density at radius 3 is 2.50 bits per heavy atom. The third-order valence-corrected chi connectivity index (χ3v) is 4.28. The number of carbonyl (C=O) groups excluding carboxylic acids is 1. The lowest BCUT2D eigenvalue weighted by atomic mass is 10.2. The largest absolute Gasteiger partial charge is 0.353 e. The van der Waals surface area contributed by atoms with Crippen molar-refractivity contribution >= 4 is 17.7 Å². The summed E-state index contributed by atoms with van der Waals surface area (Å²) in [5.74, 6) is 0.824. The van der Waals surface area contributed by atoms with Gasteiger partial charge in [0.1, 0.15) is 5.82 Å². The molecular formula is C16H22N4OS. The summed E-state index contributed by atoms with van der Waals surface area (Å²) >= 11 is 1.42. The Bertz CT molecular complexity index is 666. The molecule has 6 heteroatoms. The first kappa shape index (κ1) is 16.5. The monoisotopic (exact) mass is 318 g/mol. The van der Waals surface area contributed by atoms with Crippen LogP contribution in [0.5, 0.6) is 0 Å². The molecule has 0 bridgehead atoms. The molecule has 1 heterocycles. The van der Waals surface area contributed by atoms with E-state index in [9.17, 15) is 4.79 Å². The lowest BCUT2D eigenvalue weighted by molar-refractivity contribution is -0.120. The second-order valence-corrected chi connectivity index (χ2v) is 6.88. The number of nitrogens with one attached hydrogen (secondary N) is 1. The maximum absolute atomic E-state index is 12.1. The Balaban J connectivity index is 2.27. The Morgan fingerprint density at radius 2 is 1.86 bits per heavy atom. The number of rotatable bonds is 5. The molecule has 0 radical (unpaired) electrons. The Labute approximate surface area is 135 Å². The van der Waals surface area contributed by atoms with Crippen molar-refractivity contribution in [2.45, 2.75) is 51.1 Å². The molecule has 0 aliphatic carbocycles. The minimum Gasteiger partial charge on any atom is -0.353 e. The van der Waals surface area contributed by atoms with Gasteiger partial charge in [-0.15, -0.1) is 10.2 Å². The number of amides is 1. The van der Waals surface area contributed by atoms with Crippen LogP contribution in [-0.2, 0) is 4.79 Å². The minimum absolute atomic E-state index is 0.0111. The van der Waals surface area contributed by atoms with Crippen LogP contribution >= 0.6 is 11.8 Å². The zero-order valence-corrected chi connectivity index (χ0v) is 14.4. The van der Waals surface area contributed by atoms with E-state index in [1.54, 1.807) is 0 Å². The van der Waals surface area contributed by atoms with E-state index in [1.165, 1.54) is 11.8 Å². The maximum atomic E-state index is 12.1. The van der Waals surface area contributed by atoms with Crippen LogP contribution < -0.4 is 5.32 Å². The van der Waals surface area contributed by atoms with Crippen molar-refractivity contribution in [1.29, 1.82) is 0 Å². The molecular weight excluding hydrogens is 296 g/mol. The fourth-order valence-corrected chi connectivity index (χ4v) is 3.04. The van der Waals surface area contributed by atoms with Gasteiger partial charge < -0.3 is 5.32 Å². The molecule has 2 rings (SSSR count). The number of hydrogen-bond donors (Lipinski definition) is 1. The van der Waals surface area contributed by atoms with Gasteiger partial charge in [0.15, 0.2) is 5.16 Å². The van der Waals surface area contributed by atoms with Gasteiger partial charge in [-0.2, -0.15) is 0 Å². The van der Waals surface area contributed by atoms with Crippen molar-refractivity contribution in [1.82, 2.24) is 20.1 Å². The molecule has 0 unspecified atom stereocenters. The first-order chi connectivity index (χ1) is 10.4. The van der Waals surface area contributed by atoms with Gasteiger partial charge >= 0.3 is 0 Å². The highest BCUT2D eigenvalue weighted by Crippen LogP contribution is 2.27. The summed E-state index contributed by atoms with van der Waals surface area (Å²) in [7, 11) is 0. The molecule has 1 atom stereocenters. The minimum atomic E-state index is -0.228. The van der Waals surface area contributed by atoms with Gasteiger partial charge in [-0.3, -0.25) is 9.36 Å². The van der Waals surface area contributed by atoms with E-state index >= 15 is 0 Å². The van der Waals surface area contributed by atoms with Crippen molar-refractivity contribution in [2.75, 3.05) is 0 Å². The molecule has 1 N–H and O–H groups in total. The van der Waals surface area contributed by atoms with Crippen molar-refractivity contribution < 1.29 is 4.79 Å². The van der Waals surface area contributed by atoms with E-state index in [0.717, 1.165) is 22.2 Å². The number of thioether (sulfide) groups is 1. The van der Waals surface area contributed by atoms with Gasteiger partial charge in [-0.1, -0.05) is 30.0 Å². The number of aryl methyl sites for hydroxylation is 2. The predicted molar refractivity (Wildman–Crippen MR) is 89.4 cm³/mol. The summed E-state index contributed by atoms with van der Waals surface area (Å²) in [6, 6.07) is 8.22. The summed E-state index contributed by atoms with van der Waals surface area (Å²) in [6.45, 7) is 9.76. The molecule has 0 saturated carbocycles. The lowest BCUT2D eigenvalue weighted by Crippen LogP contribution is -2.36. The maximum Gasteiger partial charge on any atom is 0.233 e. The van der Waals surface area contributed by atoms with Crippen LogP contribution in [0.1, 0.15) is 32.2 Å². The molecule has 1 aromatic heterocycles. The molecule has 0 aliphatic heterocycles. The summed E-state index contributed by atoms with van der Waals surface area (Å²) in [4.78, 5) is 12.1. The molecule has 0 saturated heterocycles. The fraction of sp³-hybridized carbons (Fsp3) is 0.438. The first-order valence-corrected chi connectivity index (χ1v) is 8.23. The van der Waals surface area contributed by atoms with Gasteiger partial charge in [0.2, 0.25) is 5.91 Å². The molecule has 0 fully saturated rings. The highest BCUT2D eigenvalue weighted by molar-refractivity contribution is 8.00. The van der Waals surface area contributed by atoms with Crippen LogP contribution in [0.4, 0.5) is 0 Å². The van der Waals surface area contributed by atoms with E-state index < -0.39 is 0 Å². The predicted octanol–water partition coefficient (Wildman–Crippen LogP) is 2.89. The Morgan fingerprint density at radius 1 is 1.18 bits per heavy atom. The third-order valence-electron chi connectivity index (χ3n) is 3.23. The molecule has 1 amide bonds. The van der Waals surface area contributed by atoms with Crippen molar-refractivity contribution in [3.63, 3.8) is 0 Å². The molecule has 0 aliphatic rings. The SMILES string of the molecule is Cc1ccccc1-n1c(C)nnc1S[C@H](C)C(=O)NC(C)C. The highest BCUT2D eigenvalue weighted by Gasteiger charge is 2.20. The molecule has 5 nitrogen and oxygen atoms in total. The second kappa shape index (κ2) is 6.96. The quantitative estimate of drug-likeness (QED) is 0.861. The highest BCUT2D eigenvalue weighted by atomic mass is 32.2.